The van der Waals surface area contributed by atoms with Gasteiger partial charge in [0.1, 0.15) is 0 Å². The van der Waals surface area contributed by atoms with Crippen molar-refractivity contribution in [2.45, 2.75) is 6.92 Å². The second-order valence-corrected chi connectivity index (χ2v) is 5.58. The van der Waals surface area contributed by atoms with E-state index in [0.29, 0.717) is 10.6 Å². The minimum absolute atomic E-state index is 0.0149. The van der Waals surface area contributed by atoms with Gasteiger partial charge in [-0.05, 0) is 48.9 Å². The lowest BCUT2D eigenvalue weighted by Crippen LogP contribution is -2.15. The number of hydrogen-bond acceptors (Lipinski definition) is 3. The fourth-order valence-corrected chi connectivity index (χ4v) is 2.26. The lowest BCUT2D eigenvalue weighted by atomic mass is 10.1. The number of hydrogen-bond donors (Lipinski definition) is 3. The zero-order valence-corrected chi connectivity index (χ0v) is 14.0. The molecule has 0 aliphatic carbocycles. The van der Waals surface area contributed by atoms with Crippen molar-refractivity contribution in [3.8, 4) is 0 Å². The van der Waals surface area contributed by atoms with Crippen molar-refractivity contribution in [2.75, 3.05) is 17.7 Å². The van der Waals surface area contributed by atoms with Crippen LogP contribution in [0.25, 0.3) is 6.08 Å². The Balaban J connectivity index is 2.21. The number of halogens is 1. The van der Waals surface area contributed by atoms with Crippen molar-refractivity contribution in [2.24, 2.45) is 0 Å². The topological polar surface area (TPSA) is 78.4 Å². The summed E-state index contributed by atoms with van der Waals surface area (Å²) >= 11 is 5.88. The number of rotatable bonds is 5. The quantitative estimate of drug-likeness (QED) is 0.713. The van der Waals surface area contributed by atoms with Crippen molar-refractivity contribution < 1.29 is 14.7 Å². The Kier molecular flexibility index (Phi) is 5.60. The Morgan fingerprint density at radius 1 is 1.12 bits per heavy atom. The Bertz CT molecular complexity index is 798. The Morgan fingerprint density at radius 3 is 2.38 bits per heavy atom. The van der Waals surface area contributed by atoms with E-state index >= 15 is 0 Å². The summed E-state index contributed by atoms with van der Waals surface area (Å²) in [4.78, 5) is 23.5. The van der Waals surface area contributed by atoms with Crippen LogP contribution in [-0.4, -0.2) is 24.0 Å². The monoisotopic (exact) mass is 344 g/mol. The molecule has 0 aliphatic rings. The van der Waals surface area contributed by atoms with Gasteiger partial charge in [-0.25, -0.2) is 4.79 Å². The number of amides is 1. The summed E-state index contributed by atoms with van der Waals surface area (Å²) in [5.74, 6) is -1.52. The second kappa shape index (κ2) is 7.66. The molecule has 0 aromatic heterocycles. The number of carboxylic acid groups (broad SMARTS) is 1. The Labute approximate surface area is 145 Å². The van der Waals surface area contributed by atoms with Crippen LogP contribution in [-0.2, 0) is 4.79 Å². The van der Waals surface area contributed by atoms with Crippen molar-refractivity contribution in [1.29, 1.82) is 0 Å². The molecule has 0 atom stereocenters. The maximum atomic E-state index is 12.3. The molecule has 2 aromatic carbocycles. The SMILES string of the molecule is CNc1ccc(C=C(C)C(=O)Nc2cc(Cl)ccc2C(=O)O)cc1. The van der Waals surface area contributed by atoms with E-state index in [0.717, 1.165) is 11.3 Å². The molecule has 0 bridgehead atoms. The van der Waals surface area contributed by atoms with Gasteiger partial charge in [-0.1, -0.05) is 23.7 Å². The van der Waals surface area contributed by atoms with Crippen LogP contribution in [0.1, 0.15) is 22.8 Å². The molecule has 2 aromatic rings. The van der Waals surface area contributed by atoms with Gasteiger partial charge in [-0.15, -0.1) is 0 Å². The van der Waals surface area contributed by atoms with Gasteiger partial charge < -0.3 is 15.7 Å². The minimum Gasteiger partial charge on any atom is -0.478 e. The smallest absolute Gasteiger partial charge is 0.337 e. The third-order valence-electron chi connectivity index (χ3n) is 3.40. The highest BCUT2D eigenvalue weighted by atomic mass is 35.5. The Hall–Kier alpha value is -2.79. The molecule has 2 rings (SSSR count). The normalized spacial score (nSPS) is 11.0. The number of aromatic carboxylic acids is 1. The predicted octanol–water partition coefficient (Wildman–Crippen LogP) is 4.12. The molecule has 1 amide bonds. The minimum atomic E-state index is -1.13. The van der Waals surface area contributed by atoms with Crippen LogP contribution < -0.4 is 10.6 Å². The van der Waals surface area contributed by atoms with E-state index in [-0.39, 0.29) is 11.3 Å². The number of carbonyl (C=O) groups excluding carboxylic acids is 1. The maximum absolute atomic E-state index is 12.3. The molecule has 3 N–H and O–H groups in total. The summed E-state index contributed by atoms with van der Waals surface area (Å²) in [6, 6.07) is 11.8. The molecular formula is C18H17ClN2O3. The van der Waals surface area contributed by atoms with Gasteiger partial charge in [-0.2, -0.15) is 0 Å². The average Bonchev–Trinajstić information content (AvgIpc) is 2.55. The number of carboxylic acids is 1. The van der Waals surface area contributed by atoms with Crippen LogP contribution in [0.3, 0.4) is 0 Å². The van der Waals surface area contributed by atoms with Gasteiger partial charge in [0.2, 0.25) is 0 Å². The lowest BCUT2D eigenvalue weighted by Gasteiger charge is -2.09. The van der Waals surface area contributed by atoms with E-state index in [1.165, 1.54) is 18.2 Å². The van der Waals surface area contributed by atoms with Gasteiger partial charge in [0.05, 0.1) is 11.3 Å². The maximum Gasteiger partial charge on any atom is 0.337 e. The first kappa shape index (κ1) is 17.6. The summed E-state index contributed by atoms with van der Waals surface area (Å²) < 4.78 is 0. The van der Waals surface area contributed by atoms with Gasteiger partial charge in [0.25, 0.3) is 5.91 Å². The fraction of sp³-hybridized carbons (Fsp3) is 0.111. The van der Waals surface area contributed by atoms with Crippen molar-refractivity contribution in [3.63, 3.8) is 0 Å². The fourth-order valence-electron chi connectivity index (χ4n) is 2.09. The van der Waals surface area contributed by atoms with Gasteiger partial charge in [-0.3, -0.25) is 4.79 Å². The summed E-state index contributed by atoms with van der Waals surface area (Å²) in [6.07, 6.45) is 1.72. The molecule has 0 saturated heterocycles. The summed E-state index contributed by atoms with van der Waals surface area (Å²) in [6.45, 7) is 1.66. The van der Waals surface area contributed by atoms with Crippen LogP contribution in [0.5, 0.6) is 0 Å². The first-order valence-corrected chi connectivity index (χ1v) is 7.59. The molecule has 0 saturated carbocycles. The largest absolute Gasteiger partial charge is 0.478 e. The highest BCUT2D eigenvalue weighted by molar-refractivity contribution is 6.31. The third kappa shape index (κ3) is 4.36. The lowest BCUT2D eigenvalue weighted by molar-refractivity contribution is -0.112. The molecule has 0 heterocycles. The average molecular weight is 345 g/mol. The van der Waals surface area contributed by atoms with Crippen LogP contribution in [0, 0.1) is 0 Å². The van der Waals surface area contributed by atoms with Crippen LogP contribution in [0.2, 0.25) is 5.02 Å². The first-order valence-electron chi connectivity index (χ1n) is 7.21. The molecular weight excluding hydrogens is 328 g/mol. The number of benzene rings is 2. The molecule has 0 spiro atoms. The summed E-state index contributed by atoms with van der Waals surface area (Å²) in [7, 11) is 1.83. The molecule has 0 radical (unpaired) electrons. The van der Waals surface area contributed by atoms with Crippen LogP contribution in [0.15, 0.2) is 48.0 Å². The predicted molar refractivity (Wildman–Crippen MR) is 96.7 cm³/mol. The van der Waals surface area contributed by atoms with Gasteiger partial charge in [0.15, 0.2) is 0 Å². The van der Waals surface area contributed by atoms with Crippen LogP contribution in [0.4, 0.5) is 11.4 Å². The first-order chi connectivity index (χ1) is 11.4. The molecule has 5 nitrogen and oxygen atoms in total. The molecule has 6 heteroatoms. The van der Waals surface area contributed by atoms with Crippen molar-refractivity contribution >= 4 is 40.9 Å². The zero-order valence-electron chi connectivity index (χ0n) is 13.3. The van der Waals surface area contributed by atoms with Crippen LogP contribution >= 0.6 is 11.6 Å². The number of nitrogens with one attached hydrogen (secondary N) is 2. The van der Waals surface area contributed by atoms with E-state index < -0.39 is 11.9 Å². The number of carbonyl (C=O) groups is 2. The highest BCUT2D eigenvalue weighted by Crippen LogP contribution is 2.22. The van der Waals surface area contributed by atoms with Gasteiger partial charge in [0, 0.05) is 23.3 Å². The van der Waals surface area contributed by atoms with E-state index in [1.54, 1.807) is 13.0 Å². The van der Waals surface area contributed by atoms with E-state index in [9.17, 15) is 14.7 Å². The second-order valence-electron chi connectivity index (χ2n) is 5.15. The number of anilines is 2. The third-order valence-corrected chi connectivity index (χ3v) is 3.64. The summed E-state index contributed by atoms with van der Waals surface area (Å²) in [5.41, 5.74) is 2.44. The summed E-state index contributed by atoms with van der Waals surface area (Å²) in [5, 5.41) is 15.1. The molecule has 24 heavy (non-hydrogen) atoms. The molecule has 124 valence electrons. The Morgan fingerprint density at radius 2 is 1.79 bits per heavy atom. The van der Waals surface area contributed by atoms with Gasteiger partial charge >= 0.3 is 5.97 Å². The zero-order chi connectivity index (χ0) is 17.7. The van der Waals surface area contributed by atoms with E-state index in [2.05, 4.69) is 10.6 Å². The van der Waals surface area contributed by atoms with Crippen molar-refractivity contribution in [3.05, 3.63) is 64.2 Å². The molecule has 0 unspecified atom stereocenters. The van der Waals surface area contributed by atoms with E-state index in [1.807, 2.05) is 31.3 Å². The molecule has 0 fully saturated rings. The van der Waals surface area contributed by atoms with E-state index in [4.69, 9.17) is 11.6 Å². The highest BCUT2D eigenvalue weighted by Gasteiger charge is 2.14. The van der Waals surface area contributed by atoms with Crippen molar-refractivity contribution in [1.82, 2.24) is 0 Å². The standard InChI is InChI=1S/C18H17ClN2O3/c1-11(9-12-3-6-14(20-2)7-4-12)17(22)21-16-10-13(19)5-8-15(16)18(23)24/h3-10,20H,1-2H3,(H,21,22)(H,23,24). The molecule has 0 aliphatic heterocycles.